The maximum Gasteiger partial charge on any atom is 0.222 e. The summed E-state index contributed by atoms with van der Waals surface area (Å²) >= 11 is 0. The number of rotatable bonds is 3. The lowest BCUT2D eigenvalue weighted by atomic mass is 10.1. The lowest BCUT2D eigenvalue weighted by molar-refractivity contribution is -0.131. The Balaban J connectivity index is 1.86. The van der Waals surface area contributed by atoms with E-state index in [2.05, 4.69) is 5.32 Å². The van der Waals surface area contributed by atoms with E-state index < -0.39 is 0 Å². The molecule has 1 aliphatic rings. The first-order chi connectivity index (χ1) is 8.66. The van der Waals surface area contributed by atoms with Crippen molar-refractivity contribution in [1.82, 2.24) is 10.2 Å². The zero-order chi connectivity index (χ0) is 13.0. The zero-order valence-corrected chi connectivity index (χ0v) is 10.2. The van der Waals surface area contributed by atoms with Crippen molar-refractivity contribution >= 4 is 5.91 Å². The Kier molecular flexibility index (Phi) is 4.04. The minimum Gasteiger partial charge on any atom is -0.504 e. The summed E-state index contributed by atoms with van der Waals surface area (Å²) in [6.07, 6.45) is 1.01. The average Bonchev–Trinajstić information content (AvgIpc) is 2.41. The molecule has 3 N–H and O–H groups in total. The quantitative estimate of drug-likeness (QED) is 0.682. The van der Waals surface area contributed by atoms with Gasteiger partial charge in [-0.25, -0.2) is 0 Å². The van der Waals surface area contributed by atoms with Gasteiger partial charge in [0.15, 0.2) is 11.5 Å². The fourth-order valence-corrected chi connectivity index (χ4v) is 2.05. The van der Waals surface area contributed by atoms with Crippen LogP contribution in [0.3, 0.4) is 0 Å². The highest BCUT2D eigenvalue weighted by Crippen LogP contribution is 2.25. The summed E-state index contributed by atoms with van der Waals surface area (Å²) in [5, 5.41) is 21.8. The topological polar surface area (TPSA) is 72.8 Å². The Morgan fingerprint density at radius 3 is 2.61 bits per heavy atom. The molecule has 0 unspecified atom stereocenters. The van der Waals surface area contributed by atoms with Crippen molar-refractivity contribution in [2.45, 2.75) is 12.8 Å². The molecular formula is C13H18N2O3. The largest absolute Gasteiger partial charge is 0.504 e. The molecular weight excluding hydrogens is 232 g/mol. The maximum atomic E-state index is 11.9. The van der Waals surface area contributed by atoms with Crippen LogP contribution in [-0.4, -0.2) is 47.2 Å². The van der Waals surface area contributed by atoms with E-state index in [1.165, 1.54) is 12.1 Å². The number of nitrogens with one attached hydrogen (secondary N) is 1. The molecule has 0 bridgehead atoms. The number of piperazine rings is 1. The van der Waals surface area contributed by atoms with Gasteiger partial charge in [0.05, 0.1) is 0 Å². The number of carbonyl (C=O) groups excluding carboxylic acids is 1. The monoisotopic (exact) mass is 250 g/mol. The van der Waals surface area contributed by atoms with Crippen molar-refractivity contribution in [3.05, 3.63) is 23.8 Å². The number of aryl methyl sites for hydroxylation is 1. The van der Waals surface area contributed by atoms with E-state index in [-0.39, 0.29) is 17.4 Å². The van der Waals surface area contributed by atoms with Gasteiger partial charge in [0, 0.05) is 32.6 Å². The first-order valence-corrected chi connectivity index (χ1v) is 6.16. The van der Waals surface area contributed by atoms with Crippen LogP contribution in [0.1, 0.15) is 12.0 Å². The Bertz CT molecular complexity index is 428. The smallest absolute Gasteiger partial charge is 0.222 e. The molecule has 0 radical (unpaired) electrons. The number of benzene rings is 1. The molecule has 2 rings (SSSR count). The average molecular weight is 250 g/mol. The Morgan fingerprint density at radius 2 is 1.94 bits per heavy atom. The van der Waals surface area contributed by atoms with Crippen LogP contribution in [0.2, 0.25) is 0 Å². The maximum absolute atomic E-state index is 11.9. The van der Waals surface area contributed by atoms with Crippen LogP contribution >= 0.6 is 0 Å². The molecule has 0 aliphatic carbocycles. The molecule has 1 aromatic carbocycles. The van der Waals surface area contributed by atoms with Gasteiger partial charge in [-0.05, 0) is 24.1 Å². The third-order valence-electron chi connectivity index (χ3n) is 3.14. The molecule has 0 saturated carbocycles. The SMILES string of the molecule is O=C(CCc1ccc(O)c(O)c1)N1CCNCC1. The van der Waals surface area contributed by atoms with Gasteiger partial charge in [0.1, 0.15) is 0 Å². The molecule has 1 amide bonds. The van der Waals surface area contributed by atoms with Gasteiger partial charge >= 0.3 is 0 Å². The van der Waals surface area contributed by atoms with Gasteiger partial charge < -0.3 is 20.4 Å². The van der Waals surface area contributed by atoms with Crippen LogP contribution in [0.5, 0.6) is 11.5 Å². The molecule has 0 spiro atoms. The summed E-state index contributed by atoms with van der Waals surface area (Å²) in [5.41, 5.74) is 0.855. The van der Waals surface area contributed by atoms with Crippen molar-refractivity contribution in [3.8, 4) is 11.5 Å². The first-order valence-electron chi connectivity index (χ1n) is 6.16. The Morgan fingerprint density at radius 1 is 1.22 bits per heavy atom. The summed E-state index contributed by atoms with van der Waals surface area (Å²) in [5.74, 6) is -0.127. The van der Waals surface area contributed by atoms with E-state index in [0.29, 0.717) is 12.8 Å². The molecule has 0 aromatic heterocycles. The second-order valence-electron chi connectivity index (χ2n) is 4.45. The number of hydrogen-bond acceptors (Lipinski definition) is 4. The Labute approximate surface area is 106 Å². The Hall–Kier alpha value is -1.75. The number of amides is 1. The number of carbonyl (C=O) groups is 1. The fraction of sp³-hybridized carbons (Fsp3) is 0.462. The van der Waals surface area contributed by atoms with E-state index in [1.807, 2.05) is 4.90 Å². The normalized spacial score (nSPS) is 15.7. The zero-order valence-electron chi connectivity index (χ0n) is 10.2. The van der Waals surface area contributed by atoms with E-state index >= 15 is 0 Å². The fourth-order valence-electron chi connectivity index (χ4n) is 2.05. The third kappa shape index (κ3) is 3.13. The lowest BCUT2D eigenvalue weighted by Crippen LogP contribution is -2.46. The number of phenols is 2. The van der Waals surface area contributed by atoms with Gasteiger partial charge in [-0.2, -0.15) is 0 Å². The van der Waals surface area contributed by atoms with E-state index in [1.54, 1.807) is 6.07 Å². The van der Waals surface area contributed by atoms with Crippen molar-refractivity contribution < 1.29 is 15.0 Å². The summed E-state index contributed by atoms with van der Waals surface area (Å²) in [7, 11) is 0. The first kappa shape index (κ1) is 12.7. The van der Waals surface area contributed by atoms with Gasteiger partial charge in [0.2, 0.25) is 5.91 Å². The summed E-state index contributed by atoms with van der Waals surface area (Å²) in [4.78, 5) is 13.8. The highest BCUT2D eigenvalue weighted by atomic mass is 16.3. The highest BCUT2D eigenvalue weighted by Gasteiger charge is 2.15. The summed E-state index contributed by atoms with van der Waals surface area (Å²) in [6.45, 7) is 3.23. The molecule has 1 aromatic rings. The molecule has 5 nitrogen and oxygen atoms in total. The number of phenolic OH excluding ortho intramolecular Hbond substituents is 2. The second kappa shape index (κ2) is 5.73. The highest BCUT2D eigenvalue weighted by molar-refractivity contribution is 5.76. The van der Waals surface area contributed by atoms with Crippen LogP contribution in [-0.2, 0) is 11.2 Å². The molecule has 1 aliphatic heterocycles. The second-order valence-corrected chi connectivity index (χ2v) is 4.45. The summed E-state index contributed by atoms with van der Waals surface area (Å²) in [6, 6.07) is 4.67. The van der Waals surface area contributed by atoms with E-state index in [0.717, 1.165) is 31.7 Å². The van der Waals surface area contributed by atoms with Gasteiger partial charge in [-0.3, -0.25) is 4.79 Å². The van der Waals surface area contributed by atoms with Gasteiger partial charge in [-0.1, -0.05) is 6.07 Å². The van der Waals surface area contributed by atoms with Gasteiger partial charge in [-0.15, -0.1) is 0 Å². The molecule has 1 fully saturated rings. The number of hydrogen-bond donors (Lipinski definition) is 3. The third-order valence-corrected chi connectivity index (χ3v) is 3.14. The molecule has 1 heterocycles. The van der Waals surface area contributed by atoms with Crippen LogP contribution in [0.25, 0.3) is 0 Å². The van der Waals surface area contributed by atoms with E-state index in [9.17, 15) is 15.0 Å². The predicted molar refractivity (Wildman–Crippen MR) is 67.5 cm³/mol. The van der Waals surface area contributed by atoms with E-state index in [4.69, 9.17) is 0 Å². The van der Waals surface area contributed by atoms with Crippen molar-refractivity contribution in [1.29, 1.82) is 0 Å². The molecule has 1 saturated heterocycles. The molecule has 0 atom stereocenters. The van der Waals surface area contributed by atoms with Gasteiger partial charge in [0.25, 0.3) is 0 Å². The van der Waals surface area contributed by atoms with Crippen LogP contribution < -0.4 is 5.32 Å². The summed E-state index contributed by atoms with van der Waals surface area (Å²) < 4.78 is 0. The standard InChI is InChI=1S/C13H18N2O3/c16-11-3-1-10(9-12(11)17)2-4-13(18)15-7-5-14-6-8-15/h1,3,9,14,16-17H,2,4-8H2. The van der Waals surface area contributed by atoms with Crippen molar-refractivity contribution in [2.75, 3.05) is 26.2 Å². The van der Waals surface area contributed by atoms with Crippen molar-refractivity contribution in [2.24, 2.45) is 0 Å². The molecule has 18 heavy (non-hydrogen) atoms. The minimum atomic E-state index is -0.137. The lowest BCUT2D eigenvalue weighted by Gasteiger charge is -2.27. The van der Waals surface area contributed by atoms with Crippen LogP contribution in [0, 0.1) is 0 Å². The van der Waals surface area contributed by atoms with Crippen LogP contribution in [0.15, 0.2) is 18.2 Å². The number of aromatic hydroxyl groups is 2. The van der Waals surface area contributed by atoms with Crippen LogP contribution in [0.4, 0.5) is 0 Å². The van der Waals surface area contributed by atoms with Crippen molar-refractivity contribution in [3.63, 3.8) is 0 Å². The molecule has 5 heteroatoms. The number of nitrogens with zero attached hydrogens (tertiary/aromatic N) is 1. The minimum absolute atomic E-state index is 0.132. The predicted octanol–water partition coefficient (Wildman–Crippen LogP) is 0.462. The molecule has 98 valence electrons.